The zero-order valence-corrected chi connectivity index (χ0v) is 12.7. The Morgan fingerprint density at radius 1 is 1.42 bits per heavy atom. The van der Waals surface area contributed by atoms with Gasteiger partial charge in [-0.3, -0.25) is 4.79 Å². The van der Waals surface area contributed by atoms with Gasteiger partial charge in [-0.2, -0.15) is 0 Å². The van der Waals surface area contributed by atoms with Crippen LogP contribution in [0.1, 0.15) is 49.5 Å². The molecular formula is C15H23ClN2O. The predicted molar refractivity (Wildman–Crippen MR) is 82.3 cm³/mol. The van der Waals surface area contributed by atoms with Crippen molar-refractivity contribution in [3.8, 4) is 0 Å². The maximum atomic E-state index is 12.4. The average molecular weight is 283 g/mol. The van der Waals surface area contributed by atoms with Crippen molar-refractivity contribution in [2.45, 2.75) is 45.6 Å². The molecule has 19 heavy (non-hydrogen) atoms. The van der Waals surface area contributed by atoms with Crippen molar-refractivity contribution in [3.63, 3.8) is 0 Å². The monoisotopic (exact) mass is 282 g/mol. The highest BCUT2D eigenvalue weighted by molar-refractivity contribution is 5.97. The first-order valence-electron chi connectivity index (χ1n) is 6.72. The maximum Gasteiger partial charge on any atom is 0.252 e. The topological polar surface area (TPSA) is 41.1 Å². The number of hydrogen-bond donors (Lipinski definition) is 2. The Kier molecular flexibility index (Phi) is 5.24. The van der Waals surface area contributed by atoms with Gasteiger partial charge >= 0.3 is 0 Å². The standard InChI is InChI=1S/C15H22N2O.ClH/c1-4-15(2,3)17-14(18)12-7-5-9-13-11(12)8-6-10-16-13;/h5,7,9,16H,4,6,8,10H2,1-3H3,(H,17,18);1H. The third-order valence-corrected chi connectivity index (χ3v) is 3.68. The lowest BCUT2D eigenvalue weighted by molar-refractivity contribution is 0.0910. The molecule has 1 aromatic carbocycles. The molecule has 2 N–H and O–H groups in total. The maximum absolute atomic E-state index is 12.4. The van der Waals surface area contributed by atoms with Gasteiger partial charge in [-0.25, -0.2) is 0 Å². The van der Waals surface area contributed by atoms with Crippen molar-refractivity contribution >= 4 is 24.0 Å². The molecule has 1 amide bonds. The molecule has 0 aliphatic carbocycles. The lowest BCUT2D eigenvalue weighted by Gasteiger charge is -2.26. The molecule has 2 rings (SSSR count). The van der Waals surface area contributed by atoms with Gasteiger partial charge in [-0.05, 0) is 50.8 Å². The third-order valence-electron chi connectivity index (χ3n) is 3.68. The predicted octanol–water partition coefficient (Wildman–Crippen LogP) is 3.38. The van der Waals surface area contributed by atoms with Crippen molar-refractivity contribution in [1.29, 1.82) is 0 Å². The molecular weight excluding hydrogens is 260 g/mol. The minimum Gasteiger partial charge on any atom is -0.385 e. The van der Waals surface area contributed by atoms with Crippen molar-refractivity contribution in [2.75, 3.05) is 11.9 Å². The first-order valence-corrected chi connectivity index (χ1v) is 6.72. The molecule has 0 bridgehead atoms. The SMILES string of the molecule is CCC(C)(C)NC(=O)c1cccc2c1CCCN2.Cl. The molecule has 1 aromatic rings. The van der Waals surface area contributed by atoms with Crippen LogP contribution in [0.2, 0.25) is 0 Å². The van der Waals surface area contributed by atoms with E-state index < -0.39 is 0 Å². The highest BCUT2D eigenvalue weighted by Gasteiger charge is 2.22. The molecule has 0 aromatic heterocycles. The van der Waals surface area contributed by atoms with Crippen LogP contribution in [0.4, 0.5) is 5.69 Å². The zero-order valence-electron chi connectivity index (χ0n) is 11.9. The highest BCUT2D eigenvalue weighted by Crippen LogP contribution is 2.25. The number of carbonyl (C=O) groups is 1. The zero-order chi connectivity index (χ0) is 13.2. The first kappa shape index (κ1) is 15.8. The Morgan fingerprint density at radius 3 is 2.84 bits per heavy atom. The van der Waals surface area contributed by atoms with Gasteiger partial charge < -0.3 is 10.6 Å². The summed E-state index contributed by atoms with van der Waals surface area (Å²) in [6, 6.07) is 5.92. The number of rotatable bonds is 3. The van der Waals surface area contributed by atoms with Crippen molar-refractivity contribution in [2.24, 2.45) is 0 Å². The number of amides is 1. The molecule has 0 spiro atoms. The van der Waals surface area contributed by atoms with Crippen LogP contribution in [0.25, 0.3) is 0 Å². The molecule has 0 saturated carbocycles. The molecule has 0 fully saturated rings. The van der Waals surface area contributed by atoms with E-state index >= 15 is 0 Å². The molecule has 4 heteroatoms. The van der Waals surface area contributed by atoms with Crippen molar-refractivity contribution in [1.82, 2.24) is 5.32 Å². The second kappa shape index (κ2) is 6.29. The largest absolute Gasteiger partial charge is 0.385 e. The van der Waals surface area contributed by atoms with E-state index in [0.29, 0.717) is 0 Å². The number of carbonyl (C=O) groups excluding carboxylic acids is 1. The quantitative estimate of drug-likeness (QED) is 0.892. The number of halogens is 1. The molecule has 3 nitrogen and oxygen atoms in total. The van der Waals surface area contributed by atoms with Gasteiger partial charge in [0, 0.05) is 23.3 Å². The lowest BCUT2D eigenvalue weighted by atomic mass is 9.95. The van der Waals surface area contributed by atoms with Crippen LogP contribution in [-0.2, 0) is 6.42 Å². The summed E-state index contributed by atoms with van der Waals surface area (Å²) < 4.78 is 0. The van der Waals surface area contributed by atoms with Gasteiger partial charge in [0.15, 0.2) is 0 Å². The Hall–Kier alpha value is -1.22. The van der Waals surface area contributed by atoms with E-state index in [1.807, 2.05) is 12.1 Å². The molecule has 1 aliphatic rings. The molecule has 0 saturated heterocycles. The van der Waals surface area contributed by atoms with Crippen LogP contribution in [0.5, 0.6) is 0 Å². The molecule has 0 atom stereocenters. The molecule has 0 unspecified atom stereocenters. The molecule has 106 valence electrons. The van der Waals surface area contributed by atoms with Crippen LogP contribution < -0.4 is 10.6 Å². The highest BCUT2D eigenvalue weighted by atomic mass is 35.5. The Labute approximate surface area is 121 Å². The Balaban J connectivity index is 0.00000180. The summed E-state index contributed by atoms with van der Waals surface area (Å²) >= 11 is 0. The number of anilines is 1. The summed E-state index contributed by atoms with van der Waals surface area (Å²) in [4.78, 5) is 12.4. The van der Waals surface area contributed by atoms with E-state index in [4.69, 9.17) is 0 Å². The van der Waals surface area contributed by atoms with E-state index in [2.05, 4.69) is 37.5 Å². The minimum absolute atomic E-state index is 0. The van der Waals surface area contributed by atoms with E-state index in [1.165, 1.54) is 0 Å². The summed E-state index contributed by atoms with van der Waals surface area (Å²) in [7, 11) is 0. The Bertz CT molecular complexity index is 457. The average Bonchev–Trinajstić information content (AvgIpc) is 2.37. The van der Waals surface area contributed by atoms with Crippen LogP contribution >= 0.6 is 12.4 Å². The van der Waals surface area contributed by atoms with Crippen molar-refractivity contribution in [3.05, 3.63) is 29.3 Å². The summed E-state index contributed by atoms with van der Waals surface area (Å²) in [5.41, 5.74) is 2.94. The summed E-state index contributed by atoms with van der Waals surface area (Å²) in [5.74, 6) is 0.0439. The van der Waals surface area contributed by atoms with Crippen LogP contribution in [0.3, 0.4) is 0 Å². The smallest absolute Gasteiger partial charge is 0.252 e. The summed E-state index contributed by atoms with van der Waals surface area (Å²) in [6.45, 7) is 7.19. The summed E-state index contributed by atoms with van der Waals surface area (Å²) in [5, 5.41) is 6.46. The van der Waals surface area contributed by atoms with Gasteiger partial charge in [0.2, 0.25) is 0 Å². The van der Waals surface area contributed by atoms with Gasteiger partial charge in [-0.1, -0.05) is 13.0 Å². The van der Waals surface area contributed by atoms with Crippen LogP contribution in [0.15, 0.2) is 18.2 Å². The fourth-order valence-electron chi connectivity index (χ4n) is 2.19. The normalized spacial score (nSPS) is 13.8. The Morgan fingerprint density at radius 2 is 2.16 bits per heavy atom. The second-order valence-corrected chi connectivity index (χ2v) is 5.55. The van der Waals surface area contributed by atoms with Gasteiger partial charge in [0.1, 0.15) is 0 Å². The second-order valence-electron chi connectivity index (χ2n) is 5.55. The first-order chi connectivity index (χ1) is 8.53. The molecule has 1 aliphatic heterocycles. The van der Waals surface area contributed by atoms with E-state index in [1.54, 1.807) is 0 Å². The van der Waals surface area contributed by atoms with Crippen molar-refractivity contribution < 1.29 is 4.79 Å². The van der Waals surface area contributed by atoms with E-state index in [-0.39, 0.29) is 23.9 Å². The number of hydrogen-bond acceptors (Lipinski definition) is 2. The number of benzene rings is 1. The van der Waals surface area contributed by atoms with Gasteiger partial charge in [0.25, 0.3) is 5.91 Å². The molecule has 0 radical (unpaired) electrons. The van der Waals surface area contributed by atoms with E-state index in [9.17, 15) is 4.79 Å². The van der Waals surface area contributed by atoms with Gasteiger partial charge in [0.05, 0.1) is 0 Å². The van der Waals surface area contributed by atoms with Crippen LogP contribution in [0, 0.1) is 0 Å². The number of fused-ring (bicyclic) bond motifs is 1. The molecule has 1 heterocycles. The summed E-state index contributed by atoms with van der Waals surface area (Å²) in [6.07, 6.45) is 3.00. The lowest BCUT2D eigenvalue weighted by Crippen LogP contribution is -2.43. The van der Waals surface area contributed by atoms with E-state index in [0.717, 1.165) is 42.6 Å². The van der Waals surface area contributed by atoms with Crippen LogP contribution in [-0.4, -0.2) is 18.0 Å². The fourth-order valence-corrected chi connectivity index (χ4v) is 2.19. The fraction of sp³-hybridized carbons (Fsp3) is 0.533. The third kappa shape index (κ3) is 3.63. The minimum atomic E-state index is -0.151. The van der Waals surface area contributed by atoms with Gasteiger partial charge in [-0.15, -0.1) is 12.4 Å². The number of nitrogens with one attached hydrogen (secondary N) is 2.